The van der Waals surface area contributed by atoms with E-state index in [-0.39, 0.29) is 11.9 Å². The van der Waals surface area contributed by atoms with E-state index < -0.39 is 0 Å². The molecule has 0 fully saturated rings. The second-order valence-corrected chi connectivity index (χ2v) is 4.91. The van der Waals surface area contributed by atoms with Gasteiger partial charge < -0.3 is 5.32 Å². The van der Waals surface area contributed by atoms with Crippen LogP contribution in [-0.4, -0.2) is 30.5 Å². The number of halogens is 1. The van der Waals surface area contributed by atoms with E-state index in [4.69, 9.17) is 11.6 Å². The molecule has 0 aliphatic rings. The van der Waals surface area contributed by atoms with Gasteiger partial charge in [-0.1, -0.05) is 18.5 Å². The number of hydrogen-bond donors (Lipinski definition) is 1. The number of amides is 1. The van der Waals surface area contributed by atoms with Crippen LogP contribution in [0.5, 0.6) is 0 Å². The molecule has 2 rings (SSSR count). The van der Waals surface area contributed by atoms with Crippen LogP contribution >= 0.6 is 11.6 Å². The number of hydrogen-bond acceptors (Lipinski definition) is 4. The van der Waals surface area contributed by atoms with Gasteiger partial charge in [0, 0.05) is 13.6 Å². The lowest BCUT2D eigenvalue weighted by Gasteiger charge is -2.14. The lowest BCUT2D eigenvalue weighted by molar-refractivity contribution is 0.0928. The van der Waals surface area contributed by atoms with Gasteiger partial charge in [-0.3, -0.25) is 9.48 Å². The molecule has 1 unspecified atom stereocenters. The smallest absolute Gasteiger partial charge is 0.271 e. The third-order valence-corrected chi connectivity index (χ3v) is 3.20. The van der Waals surface area contributed by atoms with Crippen LogP contribution in [0.25, 0.3) is 0 Å². The third kappa shape index (κ3) is 2.82. The predicted octanol–water partition coefficient (Wildman–Crippen LogP) is 1.57. The maximum absolute atomic E-state index is 12.2. The topological polar surface area (TPSA) is 77.6 Å². The van der Waals surface area contributed by atoms with E-state index >= 15 is 0 Å². The summed E-state index contributed by atoms with van der Waals surface area (Å²) in [6.45, 7) is 4.68. The lowest BCUT2D eigenvalue weighted by Crippen LogP contribution is -2.30. The molecule has 0 spiro atoms. The molecule has 2 aromatic heterocycles. The van der Waals surface area contributed by atoms with Gasteiger partial charge in [-0.05, 0) is 13.3 Å². The summed E-state index contributed by atoms with van der Waals surface area (Å²) in [5.74, 6) is 0.437. The first-order valence-electron chi connectivity index (χ1n) is 6.40. The fourth-order valence-corrected chi connectivity index (χ4v) is 2.24. The maximum Gasteiger partial charge on any atom is 0.271 e. The normalized spacial score (nSPS) is 12.4. The van der Waals surface area contributed by atoms with Crippen LogP contribution in [0.15, 0.2) is 12.5 Å². The Morgan fingerprint density at radius 3 is 2.85 bits per heavy atom. The highest BCUT2D eigenvalue weighted by Gasteiger charge is 2.20. The van der Waals surface area contributed by atoms with Crippen LogP contribution in [0, 0.1) is 0 Å². The summed E-state index contributed by atoms with van der Waals surface area (Å²) in [5, 5.41) is 11.3. The van der Waals surface area contributed by atoms with Crippen LogP contribution in [0.4, 0.5) is 0 Å². The molecule has 20 heavy (non-hydrogen) atoms. The predicted molar refractivity (Wildman–Crippen MR) is 74.4 cm³/mol. The molecule has 2 heterocycles. The molecule has 1 amide bonds. The van der Waals surface area contributed by atoms with Crippen LogP contribution in [0.3, 0.4) is 0 Å². The van der Waals surface area contributed by atoms with Crippen molar-refractivity contribution in [3.05, 3.63) is 29.1 Å². The number of carbonyl (C=O) groups is 1. The first-order chi connectivity index (χ1) is 9.54. The SMILES string of the molecule is CCCn1ncnc1C(C)NC(=O)c1c(Cl)cnn1C. The zero-order valence-electron chi connectivity index (χ0n) is 11.7. The van der Waals surface area contributed by atoms with Crippen LogP contribution < -0.4 is 5.32 Å². The Bertz CT molecular complexity index is 585. The molecule has 0 saturated heterocycles. The highest BCUT2D eigenvalue weighted by atomic mass is 35.5. The van der Waals surface area contributed by atoms with Crippen molar-refractivity contribution >= 4 is 17.5 Å². The monoisotopic (exact) mass is 296 g/mol. The Morgan fingerprint density at radius 1 is 1.50 bits per heavy atom. The van der Waals surface area contributed by atoms with Crippen LogP contribution in [-0.2, 0) is 13.6 Å². The zero-order valence-corrected chi connectivity index (χ0v) is 12.4. The van der Waals surface area contributed by atoms with Gasteiger partial charge >= 0.3 is 0 Å². The Hall–Kier alpha value is -1.89. The molecular weight excluding hydrogens is 280 g/mol. The average molecular weight is 297 g/mol. The Morgan fingerprint density at radius 2 is 2.25 bits per heavy atom. The van der Waals surface area contributed by atoms with Crippen molar-refractivity contribution in [3.63, 3.8) is 0 Å². The quantitative estimate of drug-likeness (QED) is 0.908. The van der Waals surface area contributed by atoms with Crippen molar-refractivity contribution in [3.8, 4) is 0 Å². The van der Waals surface area contributed by atoms with E-state index in [2.05, 4.69) is 27.4 Å². The molecule has 0 bridgehead atoms. The van der Waals surface area contributed by atoms with Gasteiger partial charge in [0.25, 0.3) is 5.91 Å². The van der Waals surface area contributed by atoms with E-state index in [9.17, 15) is 4.79 Å². The summed E-state index contributed by atoms with van der Waals surface area (Å²) in [5.41, 5.74) is 0.333. The maximum atomic E-state index is 12.2. The van der Waals surface area contributed by atoms with E-state index in [0.29, 0.717) is 10.7 Å². The van der Waals surface area contributed by atoms with Gasteiger partial charge in [-0.25, -0.2) is 9.67 Å². The minimum Gasteiger partial charge on any atom is -0.341 e. The Kier molecular flexibility index (Phi) is 4.39. The highest BCUT2D eigenvalue weighted by molar-refractivity contribution is 6.33. The summed E-state index contributed by atoms with van der Waals surface area (Å²) in [7, 11) is 1.67. The number of nitrogens with one attached hydrogen (secondary N) is 1. The molecule has 2 aromatic rings. The van der Waals surface area contributed by atoms with Crippen molar-refractivity contribution in [1.82, 2.24) is 29.9 Å². The van der Waals surface area contributed by atoms with E-state index in [0.717, 1.165) is 18.8 Å². The summed E-state index contributed by atoms with van der Waals surface area (Å²) in [4.78, 5) is 16.4. The molecule has 0 aliphatic heterocycles. The number of carbonyl (C=O) groups excluding carboxylic acids is 1. The lowest BCUT2D eigenvalue weighted by atomic mass is 10.3. The van der Waals surface area contributed by atoms with Gasteiger partial charge in [0.05, 0.1) is 17.3 Å². The molecule has 7 nitrogen and oxygen atoms in total. The third-order valence-electron chi connectivity index (χ3n) is 2.92. The number of aryl methyl sites for hydroxylation is 2. The second kappa shape index (κ2) is 6.04. The Labute approximate surface area is 121 Å². The number of nitrogens with zero attached hydrogens (tertiary/aromatic N) is 5. The van der Waals surface area contributed by atoms with Crippen molar-refractivity contribution in [2.45, 2.75) is 32.9 Å². The van der Waals surface area contributed by atoms with Crippen molar-refractivity contribution < 1.29 is 4.79 Å². The molecule has 8 heteroatoms. The molecule has 0 aliphatic carbocycles. The van der Waals surface area contributed by atoms with Gasteiger partial charge in [0.2, 0.25) is 0 Å². The van der Waals surface area contributed by atoms with E-state index in [1.165, 1.54) is 17.2 Å². The summed E-state index contributed by atoms with van der Waals surface area (Å²) < 4.78 is 3.23. The first kappa shape index (κ1) is 14.5. The van der Waals surface area contributed by atoms with Crippen LogP contribution in [0.1, 0.15) is 42.6 Å². The zero-order chi connectivity index (χ0) is 14.7. The number of aromatic nitrogens is 5. The minimum absolute atomic E-state index is 0.262. The largest absolute Gasteiger partial charge is 0.341 e. The van der Waals surface area contributed by atoms with Gasteiger partial charge in [-0.2, -0.15) is 10.2 Å². The fraction of sp³-hybridized carbons (Fsp3) is 0.500. The van der Waals surface area contributed by atoms with Crippen molar-refractivity contribution in [2.24, 2.45) is 7.05 Å². The fourth-order valence-electron chi connectivity index (χ4n) is 1.99. The average Bonchev–Trinajstić information content (AvgIpc) is 2.97. The second-order valence-electron chi connectivity index (χ2n) is 4.50. The molecule has 0 saturated carbocycles. The molecule has 1 atom stereocenters. The highest BCUT2D eigenvalue weighted by Crippen LogP contribution is 2.16. The van der Waals surface area contributed by atoms with Crippen LogP contribution in [0.2, 0.25) is 5.02 Å². The molecule has 0 aromatic carbocycles. The standard InChI is InChI=1S/C12H17ClN6O/c1-4-5-19-11(14-7-16-19)8(2)17-12(20)10-9(13)6-15-18(10)3/h6-8H,4-5H2,1-3H3,(H,17,20). The molecule has 0 radical (unpaired) electrons. The van der Waals surface area contributed by atoms with Crippen molar-refractivity contribution in [2.75, 3.05) is 0 Å². The minimum atomic E-state index is -0.284. The summed E-state index contributed by atoms with van der Waals surface area (Å²) >= 11 is 5.95. The van der Waals surface area contributed by atoms with Gasteiger partial charge in [0.15, 0.2) is 0 Å². The van der Waals surface area contributed by atoms with E-state index in [1.54, 1.807) is 11.7 Å². The van der Waals surface area contributed by atoms with Gasteiger partial charge in [0.1, 0.15) is 17.8 Å². The van der Waals surface area contributed by atoms with Crippen molar-refractivity contribution in [1.29, 1.82) is 0 Å². The van der Waals surface area contributed by atoms with Gasteiger partial charge in [-0.15, -0.1) is 0 Å². The Balaban J connectivity index is 2.13. The molecular formula is C12H17ClN6O. The first-order valence-corrected chi connectivity index (χ1v) is 6.78. The number of rotatable bonds is 5. The summed E-state index contributed by atoms with van der Waals surface area (Å²) in [6.07, 6.45) is 3.88. The summed E-state index contributed by atoms with van der Waals surface area (Å²) in [6, 6.07) is -0.262. The van der Waals surface area contributed by atoms with E-state index in [1.807, 2.05) is 6.92 Å². The molecule has 1 N–H and O–H groups in total. The molecule has 108 valence electrons.